The molecule has 1 aromatic rings. The molecule has 0 radical (unpaired) electrons. The van der Waals surface area contributed by atoms with Crippen molar-refractivity contribution in [3.05, 3.63) is 35.4 Å². The molecule has 7 heteroatoms. The van der Waals surface area contributed by atoms with Crippen LogP contribution in [-0.2, 0) is 16.4 Å². The number of aryl methyl sites for hydroxylation is 1. The van der Waals surface area contributed by atoms with Crippen molar-refractivity contribution in [1.82, 2.24) is 10.6 Å². The molecule has 0 atom stereocenters. The Morgan fingerprint density at radius 1 is 1.19 bits per heavy atom. The van der Waals surface area contributed by atoms with Crippen LogP contribution in [0.2, 0.25) is 0 Å². The maximum Gasteiger partial charge on any atom is 0.191 e. The van der Waals surface area contributed by atoms with Crippen LogP contribution in [0, 0.1) is 6.92 Å². The molecule has 120 valence electrons. The van der Waals surface area contributed by atoms with E-state index >= 15 is 0 Å². The quantitative estimate of drug-likeness (QED) is 0.315. The summed E-state index contributed by atoms with van der Waals surface area (Å²) in [4.78, 5) is 4.10. The summed E-state index contributed by atoms with van der Waals surface area (Å²) in [7, 11) is -1.19. The van der Waals surface area contributed by atoms with E-state index in [1.807, 2.05) is 0 Å². The first-order chi connectivity index (χ1) is 9.40. The van der Waals surface area contributed by atoms with Crippen molar-refractivity contribution in [3.63, 3.8) is 0 Å². The first-order valence-corrected chi connectivity index (χ1v) is 8.64. The third-order valence-electron chi connectivity index (χ3n) is 2.79. The SMILES string of the molecule is CN=C(NCCCS(C)(=O)=O)NCc1ccc(C)cc1.I. The third kappa shape index (κ3) is 9.67. The van der Waals surface area contributed by atoms with Gasteiger partial charge in [0.15, 0.2) is 5.96 Å². The van der Waals surface area contributed by atoms with Crippen LogP contribution in [-0.4, -0.2) is 40.0 Å². The molecule has 0 unspecified atom stereocenters. The van der Waals surface area contributed by atoms with Crippen LogP contribution < -0.4 is 10.6 Å². The number of rotatable bonds is 6. The van der Waals surface area contributed by atoms with Gasteiger partial charge in [0.05, 0.1) is 5.75 Å². The van der Waals surface area contributed by atoms with Gasteiger partial charge in [-0.05, 0) is 18.9 Å². The molecule has 0 spiro atoms. The van der Waals surface area contributed by atoms with Crippen molar-refractivity contribution in [2.75, 3.05) is 25.6 Å². The minimum atomic E-state index is -2.89. The highest BCUT2D eigenvalue weighted by Gasteiger charge is 2.02. The first-order valence-electron chi connectivity index (χ1n) is 6.58. The standard InChI is InChI=1S/C14H23N3O2S.HI/c1-12-5-7-13(8-6-12)11-17-14(15-2)16-9-4-10-20(3,18)19;/h5-8H,4,9-11H2,1-3H3,(H2,15,16,17);1H. The van der Waals surface area contributed by atoms with Crippen LogP contribution in [0.4, 0.5) is 0 Å². The van der Waals surface area contributed by atoms with Crippen LogP contribution in [0.25, 0.3) is 0 Å². The van der Waals surface area contributed by atoms with Crippen molar-refractivity contribution in [2.45, 2.75) is 19.9 Å². The average molecular weight is 425 g/mol. The smallest absolute Gasteiger partial charge is 0.191 e. The van der Waals surface area contributed by atoms with Crippen LogP contribution in [0.15, 0.2) is 29.3 Å². The van der Waals surface area contributed by atoms with E-state index in [1.54, 1.807) is 7.05 Å². The minimum Gasteiger partial charge on any atom is -0.356 e. The van der Waals surface area contributed by atoms with Gasteiger partial charge >= 0.3 is 0 Å². The van der Waals surface area contributed by atoms with Crippen molar-refractivity contribution in [2.24, 2.45) is 4.99 Å². The number of halogens is 1. The molecule has 1 rings (SSSR count). The molecule has 1 aromatic carbocycles. The normalized spacial score (nSPS) is 11.7. The van der Waals surface area contributed by atoms with Gasteiger partial charge in [-0.3, -0.25) is 4.99 Å². The second-order valence-corrected chi connectivity index (χ2v) is 7.08. The predicted molar refractivity (Wildman–Crippen MR) is 99.1 cm³/mol. The molecule has 0 aliphatic rings. The average Bonchev–Trinajstić information content (AvgIpc) is 2.39. The van der Waals surface area contributed by atoms with Crippen LogP contribution >= 0.6 is 24.0 Å². The number of hydrogen-bond acceptors (Lipinski definition) is 3. The fraction of sp³-hybridized carbons (Fsp3) is 0.500. The van der Waals surface area contributed by atoms with E-state index in [0.717, 1.165) is 0 Å². The Balaban J connectivity index is 0.00000400. The van der Waals surface area contributed by atoms with Gasteiger partial charge in [0.1, 0.15) is 9.84 Å². The summed E-state index contributed by atoms with van der Waals surface area (Å²) in [6, 6.07) is 8.27. The summed E-state index contributed by atoms with van der Waals surface area (Å²) in [5.74, 6) is 0.869. The lowest BCUT2D eigenvalue weighted by Gasteiger charge is -2.11. The number of nitrogens with one attached hydrogen (secondary N) is 2. The largest absolute Gasteiger partial charge is 0.356 e. The summed E-state index contributed by atoms with van der Waals surface area (Å²) < 4.78 is 22.0. The summed E-state index contributed by atoms with van der Waals surface area (Å²) in [5.41, 5.74) is 2.41. The van der Waals surface area contributed by atoms with Crippen LogP contribution in [0.3, 0.4) is 0 Å². The van der Waals surface area contributed by atoms with Gasteiger partial charge < -0.3 is 10.6 Å². The fourth-order valence-electron chi connectivity index (χ4n) is 1.65. The van der Waals surface area contributed by atoms with E-state index < -0.39 is 9.84 Å². The number of nitrogens with zero attached hydrogens (tertiary/aromatic N) is 1. The van der Waals surface area contributed by atoms with Gasteiger partial charge in [-0.15, -0.1) is 24.0 Å². The molecule has 21 heavy (non-hydrogen) atoms. The van der Waals surface area contributed by atoms with Crippen molar-refractivity contribution in [3.8, 4) is 0 Å². The van der Waals surface area contributed by atoms with Gasteiger partial charge in [-0.2, -0.15) is 0 Å². The zero-order valence-corrected chi connectivity index (χ0v) is 15.9. The molecular formula is C14H24IN3O2S. The summed E-state index contributed by atoms with van der Waals surface area (Å²) in [6.45, 7) is 3.33. The monoisotopic (exact) mass is 425 g/mol. The fourth-order valence-corrected chi connectivity index (χ4v) is 2.32. The molecule has 0 fully saturated rings. The molecule has 0 aliphatic heterocycles. The zero-order chi connectivity index (χ0) is 15.0. The summed E-state index contributed by atoms with van der Waals surface area (Å²) in [6.07, 6.45) is 1.82. The number of hydrogen-bond donors (Lipinski definition) is 2. The topological polar surface area (TPSA) is 70.6 Å². The first kappa shape index (κ1) is 20.2. The maximum absolute atomic E-state index is 11.0. The van der Waals surface area contributed by atoms with Gasteiger partial charge in [0.2, 0.25) is 0 Å². The van der Waals surface area contributed by atoms with Crippen molar-refractivity contribution < 1.29 is 8.42 Å². The third-order valence-corrected chi connectivity index (χ3v) is 3.82. The molecule has 0 bridgehead atoms. The van der Waals surface area contributed by atoms with E-state index in [0.29, 0.717) is 25.5 Å². The highest BCUT2D eigenvalue weighted by molar-refractivity contribution is 14.0. The van der Waals surface area contributed by atoms with Crippen molar-refractivity contribution >= 4 is 39.8 Å². The predicted octanol–water partition coefficient (Wildman–Crippen LogP) is 1.71. The zero-order valence-electron chi connectivity index (χ0n) is 12.7. The Hall–Kier alpha value is -0.830. The van der Waals surface area contributed by atoms with Gasteiger partial charge in [0, 0.05) is 26.4 Å². The van der Waals surface area contributed by atoms with E-state index in [1.165, 1.54) is 17.4 Å². The van der Waals surface area contributed by atoms with Crippen molar-refractivity contribution in [1.29, 1.82) is 0 Å². The molecule has 5 nitrogen and oxygen atoms in total. The Labute approximate surface area is 144 Å². The summed E-state index contributed by atoms with van der Waals surface area (Å²) in [5, 5.41) is 6.29. The van der Waals surface area contributed by atoms with Crippen LogP contribution in [0.1, 0.15) is 17.5 Å². The Kier molecular flexibility index (Phi) is 9.60. The molecule has 0 saturated carbocycles. The Morgan fingerprint density at radius 2 is 1.81 bits per heavy atom. The second kappa shape index (κ2) is 9.99. The number of aliphatic imine (C=N–C) groups is 1. The molecule has 0 saturated heterocycles. The maximum atomic E-state index is 11.0. The molecule has 0 heterocycles. The Bertz CT molecular complexity index is 542. The summed E-state index contributed by atoms with van der Waals surface area (Å²) >= 11 is 0. The minimum absolute atomic E-state index is 0. The van der Waals surface area contributed by atoms with Crippen LogP contribution in [0.5, 0.6) is 0 Å². The molecule has 0 aromatic heterocycles. The molecular weight excluding hydrogens is 401 g/mol. The van der Waals surface area contributed by atoms with E-state index in [2.05, 4.69) is 46.8 Å². The van der Waals surface area contributed by atoms with E-state index in [4.69, 9.17) is 0 Å². The molecule has 2 N–H and O–H groups in total. The van der Waals surface area contributed by atoms with E-state index in [-0.39, 0.29) is 29.7 Å². The number of guanidine groups is 1. The van der Waals surface area contributed by atoms with E-state index in [9.17, 15) is 8.42 Å². The van der Waals surface area contributed by atoms with Gasteiger partial charge in [-0.1, -0.05) is 29.8 Å². The highest BCUT2D eigenvalue weighted by Crippen LogP contribution is 2.02. The lowest BCUT2D eigenvalue weighted by atomic mass is 10.1. The number of benzene rings is 1. The van der Waals surface area contributed by atoms with Gasteiger partial charge in [-0.25, -0.2) is 8.42 Å². The Morgan fingerprint density at radius 3 is 2.33 bits per heavy atom. The highest BCUT2D eigenvalue weighted by atomic mass is 127. The number of sulfone groups is 1. The van der Waals surface area contributed by atoms with Gasteiger partial charge in [0.25, 0.3) is 0 Å². The molecule has 0 aliphatic carbocycles. The lowest BCUT2D eigenvalue weighted by molar-refractivity contribution is 0.598. The second-order valence-electron chi connectivity index (χ2n) is 4.82. The lowest BCUT2D eigenvalue weighted by Crippen LogP contribution is -2.37. The molecule has 0 amide bonds.